The molecule has 32 heavy (non-hydrogen) atoms. The monoisotopic (exact) mass is 429 g/mol. The normalized spacial score (nSPS) is 26.8. The molecule has 0 N–H and O–H groups in total. The average Bonchev–Trinajstić information content (AvgIpc) is 2.85. The first-order valence-electron chi connectivity index (χ1n) is 13.3. The van der Waals surface area contributed by atoms with E-state index in [2.05, 4.69) is 49.4 Å². The lowest BCUT2D eigenvalue weighted by Gasteiger charge is -2.29. The van der Waals surface area contributed by atoms with Gasteiger partial charge in [0.15, 0.2) is 0 Å². The van der Waals surface area contributed by atoms with Crippen LogP contribution in [0.5, 0.6) is 0 Å². The first-order chi connectivity index (χ1) is 15.8. The SMILES string of the molecule is CCCCc1ccc([C@H]2CC[C@H](/C=C/[C@H]3CC[C@H](CCC=CC=CC#N)CC3)CC2)cc1. The molecule has 1 nitrogen and oxygen atoms in total. The van der Waals surface area contributed by atoms with Crippen LogP contribution in [0.3, 0.4) is 0 Å². The summed E-state index contributed by atoms with van der Waals surface area (Å²) in [4.78, 5) is 0. The minimum atomic E-state index is 0.778. The predicted octanol–water partition coefficient (Wildman–Crippen LogP) is 9.08. The fourth-order valence-electron chi connectivity index (χ4n) is 5.57. The van der Waals surface area contributed by atoms with E-state index < -0.39 is 0 Å². The standard InChI is InChI=1S/C31H43N/c1-2-3-9-26-17-21-30(22-18-26)31-23-19-29(20-24-31)16-15-28-13-11-27(12-14-28)10-7-5-4-6-8-25-32/h4-6,8,15-18,21-22,27-29,31H,2-3,7,9-14,19-20,23-24H2,1H3/b5-4?,8-6?,16-15+/t27-,28-,29-,31-. The summed E-state index contributed by atoms with van der Waals surface area (Å²) < 4.78 is 0. The molecule has 2 fully saturated rings. The number of allylic oxidation sites excluding steroid dienone is 6. The van der Waals surface area contributed by atoms with E-state index in [0.29, 0.717) is 0 Å². The van der Waals surface area contributed by atoms with E-state index in [9.17, 15) is 0 Å². The van der Waals surface area contributed by atoms with Gasteiger partial charge >= 0.3 is 0 Å². The van der Waals surface area contributed by atoms with Crippen molar-refractivity contribution in [3.8, 4) is 6.07 Å². The molecule has 172 valence electrons. The second kappa shape index (κ2) is 14.2. The molecule has 2 aliphatic rings. The highest BCUT2D eigenvalue weighted by molar-refractivity contribution is 5.26. The van der Waals surface area contributed by atoms with Crippen molar-refractivity contribution in [3.63, 3.8) is 0 Å². The molecule has 0 heterocycles. The Kier molecular flexibility index (Phi) is 10.9. The van der Waals surface area contributed by atoms with Gasteiger partial charge in [0.25, 0.3) is 0 Å². The Labute approximate surface area is 197 Å². The molecule has 0 unspecified atom stereocenters. The zero-order valence-corrected chi connectivity index (χ0v) is 20.2. The Morgan fingerprint density at radius 1 is 0.875 bits per heavy atom. The summed E-state index contributed by atoms with van der Waals surface area (Å²) in [6.45, 7) is 2.27. The molecule has 0 saturated heterocycles. The highest BCUT2D eigenvalue weighted by atomic mass is 14.3. The highest BCUT2D eigenvalue weighted by Gasteiger charge is 2.22. The number of nitrogens with zero attached hydrogens (tertiary/aromatic N) is 1. The van der Waals surface area contributed by atoms with E-state index >= 15 is 0 Å². The van der Waals surface area contributed by atoms with Crippen LogP contribution < -0.4 is 0 Å². The van der Waals surface area contributed by atoms with E-state index in [1.54, 1.807) is 5.56 Å². The van der Waals surface area contributed by atoms with Gasteiger partial charge in [0.1, 0.15) is 0 Å². The molecule has 0 radical (unpaired) electrons. The molecule has 0 amide bonds. The third-order valence-electron chi connectivity index (χ3n) is 7.75. The Hall–Kier alpha value is -2.07. The summed E-state index contributed by atoms with van der Waals surface area (Å²) in [5.41, 5.74) is 3.08. The van der Waals surface area contributed by atoms with Gasteiger partial charge in [-0.25, -0.2) is 0 Å². The Morgan fingerprint density at radius 3 is 2.16 bits per heavy atom. The lowest BCUT2D eigenvalue weighted by atomic mass is 9.76. The minimum Gasteiger partial charge on any atom is -0.193 e. The van der Waals surface area contributed by atoms with Gasteiger partial charge in [-0.15, -0.1) is 0 Å². The van der Waals surface area contributed by atoms with Crippen molar-refractivity contribution in [1.29, 1.82) is 5.26 Å². The summed E-state index contributed by atoms with van der Waals surface area (Å²) in [7, 11) is 0. The third kappa shape index (κ3) is 8.46. The van der Waals surface area contributed by atoms with Crippen LogP contribution in [0.4, 0.5) is 0 Å². The van der Waals surface area contributed by atoms with Crippen LogP contribution in [0, 0.1) is 29.1 Å². The van der Waals surface area contributed by atoms with Crippen LogP contribution in [0.1, 0.15) is 101 Å². The second-order valence-corrected chi connectivity index (χ2v) is 10.1. The van der Waals surface area contributed by atoms with E-state index in [0.717, 1.165) is 30.1 Å². The lowest BCUT2D eigenvalue weighted by molar-refractivity contribution is 0.295. The maximum Gasteiger partial charge on any atom is 0.0912 e. The molecule has 1 aromatic carbocycles. The van der Waals surface area contributed by atoms with Gasteiger partial charge in [0, 0.05) is 6.08 Å². The first-order valence-corrected chi connectivity index (χ1v) is 13.3. The molecule has 2 aliphatic carbocycles. The van der Waals surface area contributed by atoms with Crippen molar-refractivity contribution >= 4 is 0 Å². The van der Waals surface area contributed by atoms with Gasteiger partial charge in [-0.3, -0.25) is 0 Å². The van der Waals surface area contributed by atoms with E-state index in [1.807, 2.05) is 18.2 Å². The largest absolute Gasteiger partial charge is 0.193 e. The van der Waals surface area contributed by atoms with Gasteiger partial charge in [-0.1, -0.05) is 68.0 Å². The number of hydrogen-bond acceptors (Lipinski definition) is 1. The van der Waals surface area contributed by atoms with Gasteiger partial charge < -0.3 is 0 Å². The fraction of sp³-hybridized carbons (Fsp3) is 0.581. The number of nitriles is 1. The number of unbranched alkanes of at least 4 members (excludes halogenated alkanes) is 1. The Bertz CT molecular complexity index is 760. The van der Waals surface area contributed by atoms with Crippen molar-refractivity contribution < 1.29 is 0 Å². The van der Waals surface area contributed by atoms with Crippen LogP contribution in [0.2, 0.25) is 0 Å². The maximum atomic E-state index is 8.49. The van der Waals surface area contributed by atoms with Gasteiger partial charge in [0.2, 0.25) is 0 Å². The molecule has 0 aliphatic heterocycles. The summed E-state index contributed by atoms with van der Waals surface area (Å²) in [6, 6.07) is 11.6. The van der Waals surface area contributed by atoms with E-state index in [4.69, 9.17) is 5.26 Å². The lowest BCUT2D eigenvalue weighted by Crippen LogP contribution is -2.14. The number of aryl methyl sites for hydroxylation is 1. The van der Waals surface area contributed by atoms with Crippen LogP contribution >= 0.6 is 0 Å². The maximum absolute atomic E-state index is 8.49. The molecule has 0 bridgehead atoms. The number of benzene rings is 1. The summed E-state index contributed by atoms with van der Waals surface area (Å²) in [5.74, 6) is 3.29. The van der Waals surface area contributed by atoms with Crippen LogP contribution in [-0.2, 0) is 6.42 Å². The van der Waals surface area contributed by atoms with Crippen molar-refractivity contribution in [3.05, 3.63) is 71.8 Å². The summed E-state index contributed by atoms with van der Waals surface area (Å²) in [5, 5.41) is 8.49. The molecule has 3 rings (SSSR count). The molecule has 1 aromatic rings. The predicted molar refractivity (Wildman–Crippen MR) is 137 cm³/mol. The Morgan fingerprint density at radius 2 is 1.53 bits per heavy atom. The summed E-state index contributed by atoms with van der Waals surface area (Å²) in [6.07, 6.45) is 30.0. The van der Waals surface area contributed by atoms with E-state index in [-0.39, 0.29) is 0 Å². The van der Waals surface area contributed by atoms with Crippen LogP contribution in [0.15, 0.2) is 60.7 Å². The van der Waals surface area contributed by atoms with Crippen LogP contribution in [-0.4, -0.2) is 0 Å². The molecule has 0 spiro atoms. The number of hydrogen-bond donors (Lipinski definition) is 0. The summed E-state index contributed by atoms with van der Waals surface area (Å²) >= 11 is 0. The van der Waals surface area contributed by atoms with Gasteiger partial charge in [0.05, 0.1) is 6.07 Å². The van der Waals surface area contributed by atoms with Gasteiger partial charge in [-0.2, -0.15) is 5.26 Å². The molecule has 2 saturated carbocycles. The molecule has 0 aromatic heterocycles. The smallest absolute Gasteiger partial charge is 0.0912 e. The fourth-order valence-corrected chi connectivity index (χ4v) is 5.57. The van der Waals surface area contributed by atoms with Crippen molar-refractivity contribution in [1.82, 2.24) is 0 Å². The van der Waals surface area contributed by atoms with E-state index in [1.165, 1.54) is 88.7 Å². The quantitative estimate of drug-likeness (QED) is 0.207. The zero-order valence-electron chi connectivity index (χ0n) is 20.2. The topological polar surface area (TPSA) is 23.8 Å². The first kappa shape index (κ1) is 24.6. The van der Waals surface area contributed by atoms with Crippen molar-refractivity contribution in [2.75, 3.05) is 0 Å². The molecular formula is C31H43N. The number of rotatable bonds is 10. The van der Waals surface area contributed by atoms with Crippen LogP contribution in [0.25, 0.3) is 0 Å². The van der Waals surface area contributed by atoms with Crippen molar-refractivity contribution in [2.24, 2.45) is 17.8 Å². The second-order valence-electron chi connectivity index (χ2n) is 10.1. The highest BCUT2D eigenvalue weighted by Crippen LogP contribution is 2.38. The average molecular weight is 430 g/mol. The zero-order chi connectivity index (χ0) is 22.4. The third-order valence-corrected chi connectivity index (χ3v) is 7.75. The molecular weight excluding hydrogens is 386 g/mol. The van der Waals surface area contributed by atoms with Crippen molar-refractivity contribution in [2.45, 2.75) is 96.3 Å². The molecule has 0 atom stereocenters. The molecule has 1 heteroatoms. The Balaban J connectivity index is 1.32. The minimum absolute atomic E-state index is 0.778. The van der Waals surface area contributed by atoms with Gasteiger partial charge in [-0.05, 0) is 112 Å².